The zero-order valence-electron chi connectivity index (χ0n) is 15.7. The van der Waals surface area contributed by atoms with E-state index < -0.39 is 0 Å². The molecule has 1 N–H and O–H groups in total. The first-order valence-electron chi connectivity index (χ1n) is 8.92. The number of thioether (sulfide) groups is 1. The smallest absolute Gasteiger partial charge is 0.234 e. The fraction of sp³-hybridized carbons (Fsp3) is 0.263. The largest absolute Gasteiger partial charge is 0.372 e. The highest BCUT2D eigenvalue weighted by Gasteiger charge is 2.12. The highest BCUT2D eigenvalue weighted by Crippen LogP contribution is 2.21. The van der Waals surface area contributed by atoms with E-state index >= 15 is 0 Å². The van der Waals surface area contributed by atoms with Gasteiger partial charge in [-0.25, -0.2) is 0 Å². The third-order valence-electron chi connectivity index (χ3n) is 4.12. The monoisotopic (exact) mass is 416 g/mol. The molecule has 1 heterocycles. The second-order valence-corrected chi connectivity index (χ2v) is 7.28. The molecule has 9 heteroatoms. The maximum Gasteiger partial charge on any atom is 0.234 e. The number of hydrogen-bond acceptors (Lipinski definition) is 6. The molecule has 28 heavy (non-hydrogen) atoms. The van der Waals surface area contributed by atoms with Gasteiger partial charge in [0.15, 0.2) is 0 Å². The number of nitrogens with zero attached hydrogens (tertiary/aromatic N) is 5. The molecular formula is C19H21ClN6OS. The Kier molecular flexibility index (Phi) is 6.89. The van der Waals surface area contributed by atoms with Crippen molar-refractivity contribution < 1.29 is 4.79 Å². The summed E-state index contributed by atoms with van der Waals surface area (Å²) in [6.45, 7) is 6.13. The second-order valence-electron chi connectivity index (χ2n) is 5.91. The molecule has 0 aliphatic carbocycles. The summed E-state index contributed by atoms with van der Waals surface area (Å²) in [7, 11) is 0. The minimum Gasteiger partial charge on any atom is -0.372 e. The maximum absolute atomic E-state index is 12.3. The Morgan fingerprint density at radius 1 is 1.11 bits per heavy atom. The number of halogens is 1. The number of amides is 1. The molecule has 0 saturated heterocycles. The number of hydrogen-bond donors (Lipinski definition) is 1. The van der Waals surface area contributed by atoms with E-state index in [1.807, 2.05) is 36.4 Å². The predicted molar refractivity (Wildman–Crippen MR) is 114 cm³/mol. The van der Waals surface area contributed by atoms with Gasteiger partial charge in [0.25, 0.3) is 0 Å². The summed E-state index contributed by atoms with van der Waals surface area (Å²) in [6, 6.07) is 15.0. The fourth-order valence-electron chi connectivity index (χ4n) is 2.68. The van der Waals surface area contributed by atoms with Gasteiger partial charge in [-0.2, -0.15) is 4.68 Å². The van der Waals surface area contributed by atoms with Gasteiger partial charge in [-0.15, -0.1) is 5.10 Å². The quantitative estimate of drug-likeness (QED) is 0.561. The Morgan fingerprint density at radius 2 is 1.79 bits per heavy atom. The van der Waals surface area contributed by atoms with Crippen LogP contribution in [-0.2, 0) is 4.79 Å². The van der Waals surface area contributed by atoms with Crippen LogP contribution in [0.4, 0.5) is 11.4 Å². The van der Waals surface area contributed by atoms with Gasteiger partial charge >= 0.3 is 0 Å². The Labute approximate surface area is 173 Å². The summed E-state index contributed by atoms with van der Waals surface area (Å²) >= 11 is 7.18. The minimum atomic E-state index is -0.119. The number of carbonyl (C=O) groups is 1. The van der Waals surface area contributed by atoms with Crippen molar-refractivity contribution in [1.82, 2.24) is 20.2 Å². The van der Waals surface area contributed by atoms with Crippen LogP contribution in [-0.4, -0.2) is 45.0 Å². The van der Waals surface area contributed by atoms with Crippen LogP contribution in [0.3, 0.4) is 0 Å². The van der Waals surface area contributed by atoms with Crippen molar-refractivity contribution in [1.29, 1.82) is 0 Å². The van der Waals surface area contributed by atoms with Gasteiger partial charge in [0, 0.05) is 29.5 Å². The van der Waals surface area contributed by atoms with Crippen molar-refractivity contribution in [3.8, 4) is 5.69 Å². The van der Waals surface area contributed by atoms with E-state index in [-0.39, 0.29) is 11.7 Å². The third kappa shape index (κ3) is 5.02. The molecule has 0 radical (unpaired) electrons. The zero-order valence-corrected chi connectivity index (χ0v) is 17.2. The SMILES string of the molecule is CCN(CC)c1ccc(NC(=O)CSc2nnnn2-c2ccc(Cl)cc2)cc1. The van der Waals surface area contributed by atoms with Crippen LogP contribution in [0.1, 0.15) is 13.8 Å². The Bertz CT molecular complexity index is 909. The topological polar surface area (TPSA) is 75.9 Å². The first kappa shape index (κ1) is 20.2. The van der Waals surface area contributed by atoms with Crippen LogP contribution in [0.25, 0.3) is 5.69 Å². The fourth-order valence-corrected chi connectivity index (χ4v) is 3.50. The minimum absolute atomic E-state index is 0.119. The van der Waals surface area contributed by atoms with E-state index in [4.69, 9.17) is 11.6 Å². The maximum atomic E-state index is 12.3. The lowest BCUT2D eigenvalue weighted by Crippen LogP contribution is -2.21. The molecule has 3 aromatic rings. The first-order chi connectivity index (χ1) is 13.6. The molecule has 0 atom stereocenters. The first-order valence-corrected chi connectivity index (χ1v) is 10.3. The van der Waals surface area contributed by atoms with Crippen molar-refractivity contribution in [3.63, 3.8) is 0 Å². The molecule has 0 fully saturated rings. The van der Waals surface area contributed by atoms with E-state index in [2.05, 4.69) is 39.6 Å². The third-order valence-corrected chi connectivity index (χ3v) is 5.30. The lowest BCUT2D eigenvalue weighted by atomic mass is 10.2. The van der Waals surface area contributed by atoms with Gasteiger partial charge in [-0.3, -0.25) is 4.79 Å². The highest BCUT2D eigenvalue weighted by atomic mass is 35.5. The van der Waals surface area contributed by atoms with Crippen LogP contribution in [0, 0.1) is 0 Å². The molecule has 1 aromatic heterocycles. The Morgan fingerprint density at radius 3 is 2.43 bits per heavy atom. The number of benzene rings is 2. The van der Waals surface area contributed by atoms with Gasteiger partial charge in [-0.05, 0) is 72.8 Å². The summed E-state index contributed by atoms with van der Waals surface area (Å²) in [5.41, 5.74) is 2.68. The van der Waals surface area contributed by atoms with Crippen LogP contribution < -0.4 is 10.2 Å². The van der Waals surface area contributed by atoms with Crippen molar-refractivity contribution in [2.24, 2.45) is 0 Å². The van der Waals surface area contributed by atoms with Gasteiger partial charge in [0.05, 0.1) is 11.4 Å². The van der Waals surface area contributed by atoms with Crippen LogP contribution in [0.5, 0.6) is 0 Å². The average molecular weight is 417 g/mol. The lowest BCUT2D eigenvalue weighted by Gasteiger charge is -2.21. The second kappa shape index (κ2) is 9.57. The molecule has 0 aliphatic rings. The molecule has 0 saturated carbocycles. The molecule has 7 nitrogen and oxygen atoms in total. The van der Waals surface area contributed by atoms with Gasteiger partial charge in [0.1, 0.15) is 0 Å². The van der Waals surface area contributed by atoms with E-state index in [9.17, 15) is 4.79 Å². The number of anilines is 2. The van der Waals surface area contributed by atoms with E-state index in [0.29, 0.717) is 10.2 Å². The van der Waals surface area contributed by atoms with Gasteiger partial charge in [0.2, 0.25) is 11.1 Å². The Hall–Kier alpha value is -2.58. The number of nitrogens with one attached hydrogen (secondary N) is 1. The number of carbonyl (C=O) groups excluding carboxylic acids is 1. The predicted octanol–water partition coefficient (Wildman–Crippen LogP) is 3.89. The molecule has 0 bridgehead atoms. The zero-order chi connectivity index (χ0) is 19.9. The lowest BCUT2D eigenvalue weighted by molar-refractivity contribution is -0.113. The van der Waals surface area contributed by atoms with Crippen LogP contribution in [0.2, 0.25) is 5.02 Å². The molecule has 2 aromatic carbocycles. The van der Waals surface area contributed by atoms with Gasteiger partial charge < -0.3 is 10.2 Å². The summed E-state index contributed by atoms with van der Waals surface area (Å²) < 4.78 is 1.58. The molecule has 0 aliphatic heterocycles. The van der Waals surface area contributed by atoms with E-state index in [1.165, 1.54) is 11.8 Å². The molecular weight excluding hydrogens is 396 g/mol. The number of tetrazole rings is 1. The normalized spacial score (nSPS) is 10.7. The van der Waals surface area contributed by atoms with Crippen molar-refractivity contribution in [2.75, 3.05) is 29.1 Å². The van der Waals surface area contributed by atoms with Gasteiger partial charge in [-0.1, -0.05) is 23.4 Å². The molecule has 146 valence electrons. The highest BCUT2D eigenvalue weighted by molar-refractivity contribution is 7.99. The van der Waals surface area contributed by atoms with Crippen LogP contribution in [0.15, 0.2) is 53.7 Å². The molecule has 3 rings (SSSR count). The van der Waals surface area contributed by atoms with E-state index in [0.717, 1.165) is 30.2 Å². The van der Waals surface area contributed by atoms with Crippen molar-refractivity contribution in [2.45, 2.75) is 19.0 Å². The van der Waals surface area contributed by atoms with Crippen molar-refractivity contribution in [3.05, 3.63) is 53.6 Å². The number of rotatable bonds is 8. The molecule has 0 unspecified atom stereocenters. The summed E-state index contributed by atoms with van der Waals surface area (Å²) in [5.74, 6) is 0.0809. The molecule has 1 amide bonds. The van der Waals surface area contributed by atoms with E-state index in [1.54, 1.807) is 16.8 Å². The average Bonchev–Trinajstić information content (AvgIpc) is 3.18. The summed E-state index contributed by atoms with van der Waals surface area (Å²) in [4.78, 5) is 14.5. The van der Waals surface area contributed by atoms with Crippen molar-refractivity contribution >= 4 is 40.6 Å². The number of aromatic nitrogens is 4. The summed E-state index contributed by atoms with van der Waals surface area (Å²) in [6.07, 6.45) is 0. The summed E-state index contributed by atoms with van der Waals surface area (Å²) in [5, 5.41) is 15.7. The standard InChI is InChI=1S/C19H21ClN6OS/c1-3-25(4-2)16-11-7-15(8-12-16)21-18(27)13-28-19-22-23-24-26(19)17-9-5-14(20)6-10-17/h5-12H,3-4,13H2,1-2H3,(H,21,27). The Balaban J connectivity index is 1.58. The molecule has 0 spiro atoms. The van der Waals surface area contributed by atoms with Crippen LogP contribution >= 0.6 is 23.4 Å².